The van der Waals surface area contributed by atoms with Gasteiger partial charge in [0.2, 0.25) is 11.8 Å². The predicted molar refractivity (Wildman–Crippen MR) is 140 cm³/mol. The van der Waals surface area contributed by atoms with Gasteiger partial charge in [-0.3, -0.25) is 19.1 Å². The second kappa shape index (κ2) is 10.8. The lowest BCUT2D eigenvalue weighted by Crippen LogP contribution is -2.55. The van der Waals surface area contributed by atoms with E-state index in [1.54, 1.807) is 7.05 Å². The maximum atomic E-state index is 14.0. The van der Waals surface area contributed by atoms with Crippen LogP contribution in [-0.4, -0.2) is 56.9 Å². The van der Waals surface area contributed by atoms with E-state index in [9.17, 15) is 9.59 Å². The number of benzene rings is 1. The second-order valence-corrected chi connectivity index (χ2v) is 10.2. The van der Waals surface area contributed by atoms with Gasteiger partial charge in [0.05, 0.1) is 35.0 Å². The Labute approximate surface area is 212 Å². The molecule has 2 N–H and O–H groups in total. The first-order valence-corrected chi connectivity index (χ1v) is 13.2. The molecule has 1 aliphatic heterocycles. The van der Waals surface area contributed by atoms with Crippen molar-refractivity contribution in [3.05, 3.63) is 54.6 Å². The highest BCUT2D eigenvalue weighted by molar-refractivity contribution is 5.90. The minimum absolute atomic E-state index is 0.0412. The summed E-state index contributed by atoms with van der Waals surface area (Å²) in [5.74, 6) is 0.106. The van der Waals surface area contributed by atoms with Crippen molar-refractivity contribution in [3.63, 3.8) is 0 Å². The Morgan fingerprint density at radius 2 is 1.86 bits per heavy atom. The van der Waals surface area contributed by atoms with E-state index in [2.05, 4.69) is 26.7 Å². The van der Waals surface area contributed by atoms with E-state index in [4.69, 9.17) is 0 Å². The lowest BCUT2D eigenvalue weighted by atomic mass is 9.83. The van der Waals surface area contributed by atoms with E-state index in [-0.39, 0.29) is 29.8 Å². The van der Waals surface area contributed by atoms with Crippen LogP contribution in [0.5, 0.6) is 0 Å². The smallest absolute Gasteiger partial charge is 0.245 e. The summed E-state index contributed by atoms with van der Waals surface area (Å²) in [4.78, 5) is 37.9. The van der Waals surface area contributed by atoms with Gasteiger partial charge in [-0.25, -0.2) is 4.98 Å². The maximum Gasteiger partial charge on any atom is 0.245 e. The van der Waals surface area contributed by atoms with Crippen LogP contribution in [0.4, 0.5) is 0 Å². The van der Waals surface area contributed by atoms with Crippen LogP contribution in [-0.2, 0) is 9.59 Å². The van der Waals surface area contributed by atoms with Gasteiger partial charge < -0.3 is 15.5 Å². The first-order chi connectivity index (χ1) is 17.6. The lowest BCUT2D eigenvalue weighted by molar-refractivity contribution is -0.139. The molecule has 3 aromatic rings. The molecule has 190 valence electrons. The van der Waals surface area contributed by atoms with Crippen molar-refractivity contribution in [1.82, 2.24) is 30.1 Å². The quantitative estimate of drug-likeness (QED) is 0.528. The number of amides is 2. The Bertz CT molecular complexity index is 1220. The average molecular weight is 489 g/mol. The summed E-state index contributed by atoms with van der Waals surface area (Å²) in [5, 5.41) is 6.11. The zero-order valence-corrected chi connectivity index (χ0v) is 21.2. The molecule has 3 atom stereocenters. The van der Waals surface area contributed by atoms with Gasteiger partial charge in [0, 0.05) is 12.7 Å². The van der Waals surface area contributed by atoms with Gasteiger partial charge in [0.15, 0.2) is 0 Å². The summed E-state index contributed by atoms with van der Waals surface area (Å²) >= 11 is 0. The summed E-state index contributed by atoms with van der Waals surface area (Å²) < 4.78 is 2.04. The fourth-order valence-corrected chi connectivity index (χ4v) is 5.74. The summed E-state index contributed by atoms with van der Waals surface area (Å²) in [6.45, 7) is 2.52. The Morgan fingerprint density at radius 1 is 1.06 bits per heavy atom. The van der Waals surface area contributed by atoms with Gasteiger partial charge in [0.25, 0.3) is 0 Å². The largest absolute Gasteiger partial charge is 0.343 e. The van der Waals surface area contributed by atoms with Crippen LogP contribution in [0.3, 0.4) is 0 Å². The Hall–Kier alpha value is -3.26. The fraction of sp³-hybridized carbons (Fsp3) is 0.500. The predicted octanol–water partition coefficient (Wildman–Crippen LogP) is 3.76. The number of carbonyl (C=O) groups excluding carboxylic acids is 2. The molecular weight excluding hydrogens is 452 g/mol. The molecule has 3 heterocycles. The van der Waals surface area contributed by atoms with Crippen LogP contribution in [0, 0.1) is 5.92 Å². The number of imidazole rings is 1. The van der Waals surface area contributed by atoms with Crippen LogP contribution in [0.2, 0.25) is 0 Å². The average Bonchev–Trinajstić information content (AvgIpc) is 3.59. The topological polar surface area (TPSA) is 92.2 Å². The maximum absolute atomic E-state index is 14.0. The fourth-order valence-electron chi connectivity index (χ4n) is 5.74. The highest BCUT2D eigenvalue weighted by Crippen LogP contribution is 2.35. The van der Waals surface area contributed by atoms with Crippen molar-refractivity contribution in [2.24, 2.45) is 5.92 Å². The van der Waals surface area contributed by atoms with Crippen LogP contribution in [0.15, 0.2) is 49.1 Å². The number of carbonyl (C=O) groups is 2. The molecular formula is C28H36N6O2. The van der Waals surface area contributed by atoms with Crippen LogP contribution in [0.25, 0.3) is 16.7 Å². The van der Waals surface area contributed by atoms with Crippen LogP contribution in [0.1, 0.15) is 63.5 Å². The van der Waals surface area contributed by atoms with Crippen molar-refractivity contribution in [2.75, 3.05) is 13.6 Å². The zero-order valence-electron chi connectivity index (χ0n) is 21.2. The van der Waals surface area contributed by atoms with Gasteiger partial charge in [-0.2, -0.15) is 0 Å². The molecule has 0 spiro atoms. The molecule has 1 aliphatic carbocycles. The Morgan fingerprint density at radius 3 is 2.67 bits per heavy atom. The monoisotopic (exact) mass is 488 g/mol. The molecule has 8 nitrogen and oxygen atoms in total. The number of rotatable bonds is 7. The summed E-state index contributed by atoms with van der Waals surface area (Å²) in [6.07, 6.45) is 12.7. The van der Waals surface area contributed by atoms with E-state index in [1.807, 2.05) is 59.4 Å². The standard InChI is InChI=1S/C28H36N6O2/c1-19(29-2)27(35)32-26(20-9-4-3-5-10-20)28(36)33-14-8-13-24(33)21-15-22(17-30-16-21)34-18-31-23-11-6-7-12-25(23)34/h6-7,11-12,15-20,24,26,29H,3-5,8-10,13-14H2,1-2H3,(H,32,35). The molecule has 1 aromatic carbocycles. The molecule has 36 heavy (non-hydrogen) atoms. The van der Waals surface area contributed by atoms with Gasteiger partial charge in [0.1, 0.15) is 12.4 Å². The number of fused-ring (bicyclic) bond motifs is 1. The Balaban J connectivity index is 1.41. The highest BCUT2D eigenvalue weighted by Gasteiger charge is 2.39. The summed E-state index contributed by atoms with van der Waals surface area (Å²) in [5.41, 5.74) is 3.91. The summed E-state index contributed by atoms with van der Waals surface area (Å²) in [7, 11) is 1.77. The molecule has 2 aliphatic rings. The third-order valence-corrected chi connectivity index (χ3v) is 7.91. The molecule has 2 amide bonds. The number of hydrogen-bond donors (Lipinski definition) is 2. The van der Waals surface area contributed by atoms with Crippen molar-refractivity contribution in [3.8, 4) is 5.69 Å². The first kappa shape index (κ1) is 24.4. The molecule has 2 fully saturated rings. The minimum Gasteiger partial charge on any atom is -0.343 e. The van der Waals surface area contributed by atoms with Gasteiger partial charge in [-0.1, -0.05) is 31.4 Å². The van der Waals surface area contributed by atoms with E-state index in [0.717, 1.165) is 60.8 Å². The van der Waals surface area contributed by atoms with Gasteiger partial charge in [-0.05, 0) is 69.3 Å². The third kappa shape index (κ3) is 4.87. The van der Waals surface area contributed by atoms with E-state index >= 15 is 0 Å². The molecule has 8 heteroatoms. The number of likely N-dealkylation sites (N-methyl/N-ethyl adjacent to an activating group) is 1. The normalized spacial score (nSPS) is 20.4. The highest BCUT2D eigenvalue weighted by atomic mass is 16.2. The molecule has 5 rings (SSSR count). The number of aromatic nitrogens is 3. The van der Waals surface area contributed by atoms with E-state index < -0.39 is 6.04 Å². The van der Waals surface area contributed by atoms with Crippen molar-refractivity contribution in [1.29, 1.82) is 0 Å². The van der Waals surface area contributed by atoms with E-state index in [0.29, 0.717) is 6.54 Å². The number of nitrogens with one attached hydrogen (secondary N) is 2. The van der Waals surface area contributed by atoms with Gasteiger partial charge >= 0.3 is 0 Å². The van der Waals surface area contributed by atoms with Crippen molar-refractivity contribution in [2.45, 2.75) is 70.0 Å². The molecule has 0 radical (unpaired) electrons. The Kier molecular flexibility index (Phi) is 7.32. The third-order valence-electron chi connectivity index (χ3n) is 7.91. The lowest BCUT2D eigenvalue weighted by Gasteiger charge is -2.35. The zero-order chi connectivity index (χ0) is 25.1. The van der Waals surface area contributed by atoms with Gasteiger partial charge in [-0.15, -0.1) is 0 Å². The van der Waals surface area contributed by atoms with Crippen molar-refractivity contribution >= 4 is 22.8 Å². The van der Waals surface area contributed by atoms with E-state index in [1.165, 1.54) is 6.42 Å². The molecule has 3 unspecified atom stereocenters. The molecule has 1 saturated heterocycles. The molecule has 2 aromatic heterocycles. The molecule has 0 bridgehead atoms. The SMILES string of the molecule is CNC(C)C(=O)NC(C(=O)N1CCCC1c1cncc(-n2cnc3ccccc32)c1)C1CCCCC1. The number of para-hydroxylation sites is 2. The number of pyridine rings is 1. The minimum atomic E-state index is -0.483. The molecule has 1 saturated carbocycles. The number of nitrogens with zero attached hydrogens (tertiary/aromatic N) is 4. The van der Waals surface area contributed by atoms with Crippen LogP contribution >= 0.6 is 0 Å². The summed E-state index contributed by atoms with van der Waals surface area (Å²) in [6, 6.07) is 9.27. The van der Waals surface area contributed by atoms with Crippen molar-refractivity contribution < 1.29 is 9.59 Å². The second-order valence-electron chi connectivity index (χ2n) is 10.2. The van der Waals surface area contributed by atoms with Crippen LogP contribution < -0.4 is 10.6 Å². The number of hydrogen-bond acceptors (Lipinski definition) is 5. The first-order valence-electron chi connectivity index (χ1n) is 13.2. The number of likely N-dealkylation sites (tertiary alicyclic amines) is 1.